The highest BCUT2D eigenvalue weighted by Crippen LogP contribution is 2.32. The van der Waals surface area contributed by atoms with Crippen LogP contribution in [0.5, 0.6) is 0 Å². The molecule has 0 atom stereocenters. The third kappa shape index (κ3) is 3.37. The summed E-state index contributed by atoms with van der Waals surface area (Å²) in [4.78, 5) is 12.2. The maximum atomic E-state index is 13.1. The van der Waals surface area contributed by atoms with E-state index in [1.807, 2.05) is 24.3 Å². The summed E-state index contributed by atoms with van der Waals surface area (Å²) in [6.45, 7) is 2.64. The Labute approximate surface area is 152 Å². The summed E-state index contributed by atoms with van der Waals surface area (Å²) in [5.74, 6) is -0.386. The minimum absolute atomic E-state index is 0.0647. The number of nitrogens with zero attached hydrogens (tertiary/aromatic N) is 1. The zero-order chi connectivity index (χ0) is 18.0. The van der Waals surface area contributed by atoms with Crippen molar-refractivity contribution < 1.29 is 13.2 Å². The average molecular weight is 379 g/mol. The predicted molar refractivity (Wildman–Crippen MR) is 98.8 cm³/mol. The van der Waals surface area contributed by atoms with Crippen molar-refractivity contribution in [3.8, 4) is 0 Å². The van der Waals surface area contributed by atoms with E-state index >= 15 is 0 Å². The molecule has 2 aromatic rings. The second kappa shape index (κ2) is 7.06. The number of benzene rings is 2. The fourth-order valence-corrected chi connectivity index (χ4v) is 4.74. The lowest BCUT2D eigenvalue weighted by Gasteiger charge is -2.30. The molecule has 0 radical (unpaired) electrons. The molecule has 1 N–H and O–H groups in total. The van der Waals surface area contributed by atoms with Crippen LogP contribution in [0.3, 0.4) is 0 Å². The van der Waals surface area contributed by atoms with Gasteiger partial charge in [0.25, 0.3) is 15.9 Å². The van der Waals surface area contributed by atoms with Crippen LogP contribution in [0, 0.1) is 0 Å². The number of fused-ring (bicyclic) bond motifs is 1. The Hall–Kier alpha value is -2.05. The molecule has 1 heterocycles. The minimum Gasteiger partial charge on any atom is -0.352 e. The Morgan fingerprint density at radius 2 is 2.00 bits per heavy atom. The first-order valence-electron chi connectivity index (χ1n) is 8.13. The van der Waals surface area contributed by atoms with E-state index < -0.39 is 10.0 Å². The summed E-state index contributed by atoms with van der Waals surface area (Å²) >= 11 is 6.07. The van der Waals surface area contributed by atoms with Crippen molar-refractivity contribution in [2.45, 2.75) is 24.7 Å². The van der Waals surface area contributed by atoms with Crippen LogP contribution < -0.4 is 9.62 Å². The Kier molecular flexibility index (Phi) is 5.01. The number of hydrogen-bond acceptors (Lipinski definition) is 3. The van der Waals surface area contributed by atoms with E-state index in [9.17, 15) is 13.2 Å². The molecule has 0 spiro atoms. The third-order valence-corrected chi connectivity index (χ3v) is 6.31. The van der Waals surface area contributed by atoms with E-state index in [2.05, 4.69) is 5.32 Å². The van der Waals surface area contributed by atoms with Crippen LogP contribution in [-0.4, -0.2) is 27.4 Å². The molecular formula is C18H19ClN2O3S. The Morgan fingerprint density at radius 3 is 2.76 bits per heavy atom. The summed E-state index contributed by atoms with van der Waals surface area (Å²) < 4.78 is 27.7. The van der Waals surface area contributed by atoms with Gasteiger partial charge in [-0.25, -0.2) is 8.42 Å². The quantitative estimate of drug-likeness (QED) is 0.888. The van der Waals surface area contributed by atoms with Gasteiger partial charge in [0.05, 0.1) is 21.2 Å². The van der Waals surface area contributed by atoms with Crippen LogP contribution in [0.25, 0.3) is 0 Å². The molecule has 0 aromatic heterocycles. The van der Waals surface area contributed by atoms with Gasteiger partial charge in [0.1, 0.15) is 0 Å². The number of carbonyl (C=O) groups excluding carboxylic acids is 1. The van der Waals surface area contributed by atoms with E-state index in [0.717, 1.165) is 18.4 Å². The number of rotatable bonds is 4. The summed E-state index contributed by atoms with van der Waals surface area (Å²) in [6.07, 6.45) is 1.61. The maximum Gasteiger partial charge on any atom is 0.264 e. The zero-order valence-corrected chi connectivity index (χ0v) is 15.4. The maximum absolute atomic E-state index is 13.1. The van der Waals surface area contributed by atoms with Gasteiger partial charge in [0, 0.05) is 13.1 Å². The van der Waals surface area contributed by atoms with Gasteiger partial charge in [-0.05, 0) is 49.6 Å². The molecule has 1 amide bonds. The molecule has 25 heavy (non-hydrogen) atoms. The van der Waals surface area contributed by atoms with Crippen LogP contribution in [0.2, 0.25) is 5.02 Å². The first-order valence-corrected chi connectivity index (χ1v) is 9.95. The van der Waals surface area contributed by atoms with E-state index in [-0.39, 0.29) is 21.4 Å². The monoisotopic (exact) mass is 378 g/mol. The summed E-state index contributed by atoms with van der Waals surface area (Å²) in [7, 11) is -3.77. The van der Waals surface area contributed by atoms with Gasteiger partial charge in [-0.2, -0.15) is 0 Å². The molecule has 0 saturated heterocycles. The second-order valence-electron chi connectivity index (χ2n) is 5.81. The number of aryl methyl sites for hydroxylation is 1. The van der Waals surface area contributed by atoms with Gasteiger partial charge in [0.15, 0.2) is 0 Å². The lowest BCUT2D eigenvalue weighted by molar-refractivity contribution is 0.0956. The Balaban J connectivity index is 2.05. The highest BCUT2D eigenvalue weighted by atomic mass is 35.5. The minimum atomic E-state index is -3.77. The fraction of sp³-hybridized carbons (Fsp3) is 0.278. The molecule has 5 nitrogen and oxygen atoms in total. The Bertz CT molecular complexity index is 912. The molecular weight excluding hydrogens is 360 g/mol. The van der Waals surface area contributed by atoms with E-state index in [4.69, 9.17) is 11.6 Å². The van der Waals surface area contributed by atoms with Crippen molar-refractivity contribution in [3.63, 3.8) is 0 Å². The number of hydrogen-bond donors (Lipinski definition) is 1. The largest absolute Gasteiger partial charge is 0.352 e. The summed E-state index contributed by atoms with van der Waals surface area (Å²) in [5, 5.41) is 2.87. The highest BCUT2D eigenvalue weighted by Gasteiger charge is 2.29. The van der Waals surface area contributed by atoms with E-state index in [0.29, 0.717) is 18.8 Å². The van der Waals surface area contributed by atoms with Crippen molar-refractivity contribution in [2.75, 3.05) is 17.4 Å². The molecule has 0 unspecified atom stereocenters. The van der Waals surface area contributed by atoms with Crippen LogP contribution in [0.15, 0.2) is 47.4 Å². The number of carbonyl (C=O) groups is 1. The first-order chi connectivity index (χ1) is 11.9. The van der Waals surface area contributed by atoms with Crippen LogP contribution in [0.4, 0.5) is 5.69 Å². The lowest BCUT2D eigenvalue weighted by Crippen LogP contribution is -2.35. The molecule has 0 fully saturated rings. The topological polar surface area (TPSA) is 66.5 Å². The first kappa shape index (κ1) is 17.8. The molecule has 1 aliphatic heterocycles. The Morgan fingerprint density at radius 1 is 1.24 bits per heavy atom. The number of halogens is 1. The number of amides is 1. The summed E-state index contributed by atoms with van der Waals surface area (Å²) in [5.41, 5.74) is 1.87. The molecule has 3 rings (SSSR count). The van der Waals surface area contributed by atoms with Gasteiger partial charge < -0.3 is 5.32 Å². The highest BCUT2D eigenvalue weighted by molar-refractivity contribution is 7.92. The normalized spacial score (nSPS) is 14.1. The van der Waals surface area contributed by atoms with Crippen LogP contribution in [-0.2, 0) is 16.4 Å². The average Bonchev–Trinajstić information content (AvgIpc) is 2.61. The van der Waals surface area contributed by atoms with Crippen molar-refractivity contribution in [2.24, 2.45) is 0 Å². The molecule has 7 heteroatoms. The molecule has 0 saturated carbocycles. The van der Waals surface area contributed by atoms with Gasteiger partial charge >= 0.3 is 0 Å². The van der Waals surface area contributed by atoms with Gasteiger partial charge in [-0.15, -0.1) is 0 Å². The SMILES string of the molecule is CCNC(=O)c1cc(S(=O)(=O)N2CCCc3ccccc32)ccc1Cl. The number of nitrogens with one attached hydrogen (secondary N) is 1. The van der Waals surface area contributed by atoms with Gasteiger partial charge in [-0.3, -0.25) is 9.10 Å². The fourth-order valence-electron chi connectivity index (χ4n) is 2.97. The predicted octanol–water partition coefficient (Wildman–Crippen LogP) is 3.23. The van der Waals surface area contributed by atoms with Crippen molar-refractivity contribution in [1.29, 1.82) is 0 Å². The molecule has 0 bridgehead atoms. The number of sulfonamides is 1. The zero-order valence-electron chi connectivity index (χ0n) is 13.8. The second-order valence-corrected chi connectivity index (χ2v) is 8.08. The summed E-state index contributed by atoms with van der Waals surface area (Å²) in [6, 6.07) is 11.7. The molecule has 0 aliphatic carbocycles. The lowest BCUT2D eigenvalue weighted by atomic mass is 10.0. The van der Waals surface area contributed by atoms with Crippen molar-refractivity contribution in [1.82, 2.24) is 5.32 Å². The smallest absolute Gasteiger partial charge is 0.264 e. The standard InChI is InChI=1S/C18H19ClN2O3S/c1-2-20-18(22)15-12-14(9-10-16(15)19)25(23,24)21-11-5-7-13-6-3-4-8-17(13)21/h3-4,6,8-10,12H,2,5,7,11H2,1H3,(H,20,22). The van der Waals surface area contributed by atoms with Gasteiger partial charge in [-0.1, -0.05) is 29.8 Å². The van der Waals surface area contributed by atoms with E-state index in [1.54, 1.807) is 6.92 Å². The molecule has 132 valence electrons. The van der Waals surface area contributed by atoms with Crippen molar-refractivity contribution in [3.05, 3.63) is 58.6 Å². The number of para-hydroxylation sites is 1. The third-order valence-electron chi connectivity index (χ3n) is 4.18. The van der Waals surface area contributed by atoms with Crippen molar-refractivity contribution >= 4 is 33.2 Å². The molecule has 1 aliphatic rings. The van der Waals surface area contributed by atoms with E-state index in [1.165, 1.54) is 22.5 Å². The van der Waals surface area contributed by atoms with Crippen LogP contribution >= 0.6 is 11.6 Å². The van der Waals surface area contributed by atoms with Crippen LogP contribution in [0.1, 0.15) is 29.3 Å². The number of anilines is 1. The molecule has 2 aromatic carbocycles. The van der Waals surface area contributed by atoms with Gasteiger partial charge in [0.2, 0.25) is 0 Å².